The first-order chi connectivity index (χ1) is 8.94. The van der Waals surface area contributed by atoms with Crippen LogP contribution in [0, 0.1) is 12.7 Å². The molecule has 0 spiro atoms. The van der Waals surface area contributed by atoms with Crippen LogP contribution < -0.4 is 10.0 Å². The van der Waals surface area contributed by atoms with Crippen LogP contribution in [0.5, 0.6) is 0 Å². The Morgan fingerprint density at radius 1 is 1.42 bits per heavy atom. The predicted molar refractivity (Wildman–Crippen MR) is 68.9 cm³/mol. The van der Waals surface area contributed by atoms with E-state index in [-0.39, 0.29) is 17.0 Å². The lowest BCUT2D eigenvalue weighted by Crippen LogP contribution is -2.43. The van der Waals surface area contributed by atoms with E-state index in [9.17, 15) is 12.8 Å². The normalized spacial score (nSPS) is 23.7. The molecule has 19 heavy (non-hydrogen) atoms. The molecule has 2 rings (SSSR count). The fourth-order valence-corrected chi connectivity index (χ4v) is 3.69. The van der Waals surface area contributed by atoms with Crippen molar-refractivity contribution < 1.29 is 17.5 Å². The molecule has 0 bridgehead atoms. The van der Waals surface area contributed by atoms with Crippen LogP contribution in [-0.4, -0.2) is 40.8 Å². The summed E-state index contributed by atoms with van der Waals surface area (Å²) < 4.78 is 45.3. The molecule has 0 amide bonds. The second kappa shape index (κ2) is 5.54. The number of aryl methyl sites for hydroxylation is 1. The van der Waals surface area contributed by atoms with E-state index in [0.29, 0.717) is 18.7 Å². The van der Waals surface area contributed by atoms with Crippen LogP contribution in [-0.2, 0) is 14.8 Å². The van der Waals surface area contributed by atoms with Crippen molar-refractivity contribution in [2.45, 2.75) is 24.0 Å². The predicted octanol–water partition coefficient (Wildman–Crippen LogP) is 0.399. The average molecular weight is 288 g/mol. The highest BCUT2D eigenvalue weighted by Crippen LogP contribution is 2.17. The Hall–Kier alpha value is -1.02. The minimum absolute atomic E-state index is 0.0932. The lowest BCUT2D eigenvalue weighted by Gasteiger charge is -2.19. The highest BCUT2D eigenvalue weighted by Gasteiger charge is 2.31. The van der Waals surface area contributed by atoms with Crippen molar-refractivity contribution in [3.8, 4) is 0 Å². The number of ether oxygens (including phenoxy) is 1. The standard InChI is InChI=1S/C12H17FN2O3S/c1-8-5-9(13)3-4-12(8)19(16,17)15-10-6-14-7-11(10)18-2/h3-5,10-11,14-15H,6-7H2,1-2H3/t10?,11-/m0/s1. The Morgan fingerprint density at radius 2 is 2.16 bits per heavy atom. The van der Waals surface area contributed by atoms with Gasteiger partial charge in [-0.1, -0.05) is 0 Å². The molecule has 0 aliphatic carbocycles. The maximum atomic E-state index is 13.0. The number of methoxy groups -OCH3 is 1. The van der Waals surface area contributed by atoms with E-state index >= 15 is 0 Å². The number of sulfonamides is 1. The zero-order valence-corrected chi connectivity index (χ0v) is 11.6. The lowest BCUT2D eigenvalue weighted by atomic mass is 10.2. The van der Waals surface area contributed by atoms with Crippen molar-refractivity contribution in [1.29, 1.82) is 0 Å². The first-order valence-corrected chi connectivity index (χ1v) is 7.44. The third kappa shape index (κ3) is 3.11. The van der Waals surface area contributed by atoms with Gasteiger partial charge in [-0.3, -0.25) is 0 Å². The summed E-state index contributed by atoms with van der Waals surface area (Å²) in [5.74, 6) is -0.450. The molecule has 1 saturated heterocycles. The molecule has 5 nitrogen and oxygen atoms in total. The smallest absolute Gasteiger partial charge is 0.241 e. The number of rotatable bonds is 4. The van der Waals surface area contributed by atoms with Gasteiger partial charge in [-0.15, -0.1) is 0 Å². The van der Waals surface area contributed by atoms with Crippen molar-refractivity contribution in [3.05, 3.63) is 29.6 Å². The van der Waals surface area contributed by atoms with Crippen LogP contribution in [0.25, 0.3) is 0 Å². The van der Waals surface area contributed by atoms with Gasteiger partial charge >= 0.3 is 0 Å². The van der Waals surface area contributed by atoms with Crippen LogP contribution in [0.2, 0.25) is 0 Å². The van der Waals surface area contributed by atoms with Crippen molar-refractivity contribution in [2.24, 2.45) is 0 Å². The van der Waals surface area contributed by atoms with Gasteiger partial charge in [0.25, 0.3) is 0 Å². The molecule has 1 heterocycles. The van der Waals surface area contributed by atoms with Crippen molar-refractivity contribution in [3.63, 3.8) is 0 Å². The maximum Gasteiger partial charge on any atom is 0.241 e. The van der Waals surface area contributed by atoms with Crippen molar-refractivity contribution in [2.75, 3.05) is 20.2 Å². The number of benzene rings is 1. The molecule has 1 aromatic rings. The van der Waals surface area contributed by atoms with Gasteiger partial charge in [0.1, 0.15) is 5.82 Å². The highest BCUT2D eigenvalue weighted by molar-refractivity contribution is 7.89. The maximum absolute atomic E-state index is 13.0. The van der Waals surface area contributed by atoms with E-state index in [0.717, 1.165) is 6.07 Å². The fraction of sp³-hybridized carbons (Fsp3) is 0.500. The molecule has 1 aliphatic rings. The zero-order chi connectivity index (χ0) is 14.0. The molecule has 2 N–H and O–H groups in total. The summed E-state index contributed by atoms with van der Waals surface area (Å²) in [5, 5.41) is 3.06. The molecule has 0 saturated carbocycles. The zero-order valence-electron chi connectivity index (χ0n) is 10.8. The summed E-state index contributed by atoms with van der Waals surface area (Å²) in [4.78, 5) is 0.0932. The Kier molecular flexibility index (Phi) is 4.19. The molecule has 1 fully saturated rings. The number of halogens is 1. The minimum Gasteiger partial charge on any atom is -0.378 e. The Morgan fingerprint density at radius 3 is 2.79 bits per heavy atom. The van der Waals surface area contributed by atoms with E-state index in [1.54, 1.807) is 14.0 Å². The first kappa shape index (κ1) is 14.4. The van der Waals surface area contributed by atoms with Gasteiger partial charge in [0.15, 0.2) is 0 Å². The molecular weight excluding hydrogens is 271 g/mol. The number of hydrogen-bond acceptors (Lipinski definition) is 4. The third-order valence-corrected chi connectivity index (χ3v) is 4.84. The molecular formula is C12H17FN2O3S. The van der Waals surface area contributed by atoms with E-state index in [2.05, 4.69) is 10.0 Å². The molecule has 2 atom stereocenters. The van der Waals surface area contributed by atoms with Crippen LogP contribution in [0.15, 0.2) is 23.1 Å². The molecule has 1 aromatic carbocycles. The quantitative estimate of drug-likeness (QED) is 0.841. The van der Waals surface area contributed by atoms with Gasteiger partial charge in [0.05, 0.1) is 17.0 Å². The van der Waals surface area contributed by atoms with Gasteiger partial charge in [-0.25, -0.2) is 17.5 Å². The van der Waals surface area contributed by atoms with Crippen molar-refractivity contribution >= 4 is 10.0 Å². The summed E-state index contributed by atoms with van der Waals surface area (Å²) in [6, 6.07) is 3.30. The molecule has 0 radical (unpaired) electrons. The van der Waals surface area contributed by atoms with E-state index in [4.69, 9.17) is 4.74 Å². The van der Waals surface area contributed by atoms with Gasteiger partial charge in [0, 0.05) is 20.2 Å². The molecule has 7 heteroatoms. The second-order valence-corrected chi connectivity index (χ2v) is 6.25. The highest BCUT2D eigenvalue weighted by atomic mass is 32.2. The van der Waals surface area contributed by atoms with Crippen LogP contribution in [0.1, 0.15) is 5.56 Å². The third-order valence-electron chi connectivity index (χ3n) is 3.19. The molecule has 1 unspecified atom stereocenters. The monoisotopic (exact) mass is 288 g/mol. The van der Waals surface area contributed by atoms with Crippen LogP contribution in [0.3, 0.4) is 0 Å². The summed E-state index contributed by atoms with van der Waals surface area (Å²) >= 11 is 0. The molecule has 106 valence electrons. The molecule has 1 aliphatic heterocycles. The van der Waals surface area contributed by atoms with Crippen molar-refractivity contribution in [1.82, 2.24) is 10.0 Å². The summed E-state index contributed by atoms with van der Waals surface area (Å²) in [6.45, 7) is 2.68. The largest absolute Gasteiger partial charge is 0.378 e. The van der Waals surface area contributed by atoms with E-state index in [1.165, 1.54) is 12.1 Å². The van der Waals surface area contributed by atoms with Gasteiger partial charge in [-0.05, 0) is 30.7 Å². The SMILES string of the molecule is CO[C@H]1CNCC1NS(=O)(=O)c1ccc(F)cc1C. The Bertz CT molecular complexity index is 562. The average Bonchev–Trinajstić information content (AvgIpc) is 2.74. The van der Waals surface area contributed by atoms with Crippen LogP contribution in [0.4, 0.5) is 4.39 Å². The van der Waals surface area contributed by atoms with E-state index < -0.39 is 15.8 Å². The van der Waals surface area contributed by atoms with Crippen LogP contribution >= 0.6 is 0 Å². The number of nitrogens with one attached hydrogen (secondary N) is 2. The fourth-order valence-electron chi connectivity index (χ4n) is 2.20. The Balaban J connectivity index is 2.23. The van der Waals surface area contributed by atoms with E-state index in [1.807, 2.05) is 0 Å². The lowest BCUT2D eigenvalue weighted by molar-refractivity contribution is 0.103. The first-order valence-electron chi connectivity index (χ1n) is 5.96. The topological polar surface area (TPSA) is 67.4 Å². The van der Waals surface area contributed by atoms with Gasteiger partial charge in [0.2, 0.25) is 10.0 Å². The molecule has 0 aromatic heterocycles. The minimum atomic E-state index is -3.67. The summed E-state index contributed by atoms with van der Waals surface area (Å²) in [5.41, 5.74) is 0.382. The Labute approximate surface area is 112 Å². The number of hydrogen-bond donors (Lipinski definition) is 2. The summed E-state index contributed by atoms with van der Waals surface area (Å²) in [6.07, 6.45) is -0.199. The van der Waals surface area contributed by atoms with Gasteiger partial charge in [-0.2, -0.15) is 0 Å². The summed E-state index contributed by atoms with van der Waals surface area (Å²) in [7, 11) is -2.13. The van der Waals surface area contributed by atoms with Gasteiger partial charge < -0.3 is 10.1 Å². The second-order valence-electron chi connectivity index (χ2n) is 4.57.